The summed E-state index contributed by atoms with van der Waals surface area (Å²) < 4.78 is 0. The largest absolute Gasteiger partial charge is 0.385 e. The molecule has 21 heavy (non-hydrogen) atoms. The second kappa shape index (κ2) is 6.37. The second-order valence-corrected chi connectivity index (χ2v) is 5.24. The normalized spacial score (nSPS) is 13.2. The molecule has 0 radical (unpaired) electrons. The summed E-state index contributed by atoms with van der Waals surface area (Å²) in [5.41, 5.74) is 0.696. The minimum absolute atomic E-state index is 0.176. The molecule has 0 heterocycles. The van der Waals surface area contributed by atoms with Gasteiger partial charge in [0, 0.05) is 17.7 Å². The number of benzene rings is 2. The van der Waals surface area contributed by atoms with Gasteiger partial charge in [0.25, 0.3) is 5.91 Å². The summed E-state index contributed by atoms with van der Waals surface area (Å²) in [6.45, 7) is 5.47. The molecule has 0 bridgehead atoms. The van der Waals surface area contributed by atoms with E-state index >= 15 is 0 Å². The predicted molar refractivity (Wildman–Crippen MR) is 84.8 cm³/mol. The van der Waals surface area contributed by atoms with Crippen LogP contribution in [0.2, 0.25) is 0 Å². The number of amides is 1. The molecule has 2 aromatic carbocycles. The Bertz CT molecular complexity index is 618. The molecule has 0 saturated carbocycles. The van der Waals surface area contributed by atoms with E-state index in [9.17, 15) is 9.90 Å². The summed E-state index contributed by atoms with van der Waals surface area (Å²) in [7, 11) is 0. The lowest BCUT2D eigenvalue weighted by atomic mass is 9.89. The minimum atomic E-state index is -1.12. The highest BCUT2D eigenvalue weighted by Gasteiger charge is 2.26. The number of para-hydroxylation sites is 1. The Hall–Kier alpha value is -2.39. The Morgan fingerprint density at radius 1 is 1.10 bits per heavy atom. The van der Waals surface area contributed by atoms with Gasteiger partial charge >= 0.3 is 0 Å². The molecule has 0 fully saturated rings. The van der Waals surface area contributed by atoms with Crippen LogP contribution in [0.4, 0.5) is 5.69 Å². The first-order valence-electron chi connectivity index (χ1n) is 6.81. The molecule has 2 rings (SSSR count). The Balaban J connectivity index is 2.02. The van der Waals surface area contributed by atoms with E-state index in [2.05, 4.69) is 11.9 Å². The summed E-state index contributed by atoms with van der Waals surface area (Å²) in [4.78, 5) is 12.1. The zero-order valence-corrected chi connectivity index (χ0v) is 12.0. The van der Waals surface area contributed by atoms with Crippen LogP contribution in [0.15, 0.2) is 72.8 Å². The van der Waals surface area contributed by atoms with Crippen molar-refractivity contribution in [3.05, 3.63) is 78.4 Å². The third-order valence-corrected chi connectivity index (χ3v) is 3.31. The van der Waals surface area contributed by atoms with E-state index in [4.69, 9.17) is 0 Å². The zero-order valence-electron chi connectivity index (χ0n) is 12.0. The molecule has 0 unspecified atom stereocenters. The molecule has 2 N–H and O–H groups in total. The molecule has 2 aromatic rings. The maximum atomic E-state index is 12.1. The molecule has 1 atom stereocenters. The van der Waals surface area contributed by atoms with Crippen LogP contribution in [0, 0.1) is 0 Å². The second-order valence-electron chi connectivity index (χ2n) is 5.24. The quantitative estimate of drug-likeness (QED) is 0.824. The molecule has 3 nitrogen and oxygen atoms in total. The third-order valence-electron chi connectivity index (χ3n) is 3.31. The van der Waals surface area contributed by atoms with Crippen LogP contribution >= 0.6 is 0 Å². The van der Waals surface area contributed by atoms with Crippen molar-refractivity contribution < 1.29 is 9.90 Å². The number of hydrogen-bond donors (Lipinski definition) is 2. The first-order chi connectivity index (χ1) is 9.99. The maximum absolute atomic E-state index is 12.1. The summed E-state index contributed by atoms with van der Waals surface area (Å²) >= 11 is 0. The number of carbonyl (C=O) groups is 1. The molecule has 0 aliphatic heterocycles. The topological polar surface area (TPSA) is 49.3 Å². The van der Waals surface area contributed by atoms with Crippen molar-refractivity contribution in [3.8, 4) is 0 Å². The van der Waals surface area contributed by atoms with Gasteiger partial charge in [-0.15, -0.1) is 0 Å². The lowest BCUT2D eigenvalue weighted by Gasteiger charge is -2.24. The number of carbonyl (C=O) groups excluding carboxylic acids is 1. The highest BCUT2D eigenvalue weighted by molar-refractivity contribution is 6.03. The molecular weight excluding hydrogens is 262 g/mol. The van der Waals surface area contributed by atoms with E-state index in [0.29, 0.717) is 11.3 Å². The predicted octanol–water partition coefficient (Wildman–Crippen LogP) is 3.48. The lowest BCUT2D eigenvalue weighted by Crippen LogP contribution is -2.25. The summed E-state index contributed by atoms with van der Waals surface area (Å²) in [5.74, 6) is -0.280. The Morgan fingerprint density at radius 3 is 2.19 bits per heavy atom. The van der Waals surface area contributed by atoms with Gasteiger partial charge in [0.05, 0.1) is 5.60 Å². The average Bonchev–Trinajstić information content (AvgIpc) is 2.48. The molecule has 0 spiro atoms. The van der Waals surface area contributed by atoms with Crippen LogP contribution in [0.5, 0.6) is 0 Å². The number of anilines is 1. The van der Waals surface area contributed by atoms with Gasteiger partial charge in [0.2, 0.25) is 0 Å². The molecule has 0 saturated heterocycles. The Kier molecular flexibility index (Phi) is 4.55. The molecular formula is C18H19NO2. The van der Waals surface area contributed by atoms with E-state index in [1.54, 1.807) is 19.1 Å². The molecule has 108 valence electrons. The zero-order chi connectivity index (χ0) is 15.3. The van der Waals surface area contributed by atoms with Gasteiger partial charge in [-0.25, -0.2) is 0 Å². The van der Waals surface area contributed by atoms with Crippen molar-refractivity contribution in [1.29, 1.82) is 0 Å². The minimum Gasteiger partial charge on any atom is -0.385 e. The third kappa shape index (κ3) is 4.04. The Morgan fingerprint density at radius 2 is 1.62 bits per heavy atom. The van der Waals surface area contributed by atoms with Crippen molar-refractivity contribution in [2.24, 2.45) is 0 Å². The van der Waals surface area contributed by atoms with Crippen molar-refractivity contribution in [2.45, 2.75) is 18.9 Å². The van der Waals surface area contributed by atoms with Crippen LogP contribution in [0.1, 0.15) is 18.9 Å². The van der Waals surface area contributed by atoms with Crippen molar-refractivity contribution in [1.82, 2.24) is 0 Å². The van der Waals surface area contributed by atoms with Crippen LogP contribution in [-0.4, -0.2) is 11.0 Å². The first-order valence-corrected chi connectivity index (χ1v) is 6.81. The fourth-order valence-corrected chi connectivity index (χ4v) is 2.14. The van der Waals surface area contributed by atoms with Crippen LogP contribution in [0.3, 0.4) is 0 Å². The van der Waals surface area contributed by atoms with Gasteiger partial charge in [-0.3, -0.25) is 4.79 Å². The SMILES string of the molecule is C=C(C[C@@](C)(O)c1ccccc1)C(=O)Nc1ccccc1. The number of aliphatic hydroxyl groups is 1. The van der Waals surface area contributed by atoms with Gasteiger partial charge in [-0.05, 0) is 24.6 Å². The van der Waals surface area contributed by atoms with Gasteiger partial charge in [0.15, 0.2) is 0 Å². The van der Waals surface area contributed by atoms with Gasteiger partial charge < -0.3 is 10.4 Å². The van der Waals surface area contributed by atoms with Crippen molar-refractivity contribution >= 4 is 11.6 Å². The molecule has 0 aliphatic carbocycles. The van der Waals surface area contributed by atoms with Crippen molar-refractivity contribution in [2.75, 3.05) is 5.32 Å². The standard InChI is InChI=1S/C18H19NO2/c1-14(17(20)19-16-11-7-4-8-12-16)13-18(2,21)15-9-5-3-6-10-15/h3-12,21H,1,13H2,2H3,(H,19,20)/t18-/m1/s1. The summed E-state index contributed by atoms with van der Waals surface area (Å²) in [6, 6.07) is 18.5. The number of rotatable bonds is 5. The highest BCUT2D eigenvalue weighted by atomic mass is 16.3. The molecule has 1 amide bonds. The van der Waals surface area contributed by atoms with Gasteiger partial charge in [-0.2, -0.15) is 0 Å². The number of hydrogen-bond acceptors (Lipinski definition) is 2. The lowest BCUT2D eigenvalue weighted by molar-refractivity contribution is -0.113. The van der Waals surface area contributed by atoms with E-state index < -0.39 is 5.60 Å². The molecule has 3 heteroatoms. The van der Waals surface area contributed by atoms with Gasteiger partial charge in [-0.1, -0.05) is 55.1 Å². The fraction of sp³-hybridized carbons (Fsp3) is 0.167. The highest BCUT2D eigenvalue weighted by Crippen LogP contribution is 2.27. The molecule has 0 aromatic heterocycles. The average molecular weight is 281 g/mol. The number of nitrogens with one attached hydrogen (secondary N) is 1. The first kappa shape index (κ1) is 15.0. The smallest absolute Gasteiger partial charge is 0.251 e. The van der Waals surface area contributed by atoms with Crippen LogP contribution in [-0.2, 0) is 10.4 Å². The fourth-order valence-electron chi connectivity index (χ4n) is 2.14. The van der Waals surface area contributed by atoms with Crippen LogP contribution < -0.4 is 5.32 Å². The van der Waals surface area contributed by atoms with E-state index in [-0.39, 0.29) is 12.3 Å². The summed E-state index contributed by atoms with van der Waals surface area (Å²) in [5, 5.41) is 13.3. The molecule has 0 aliphatic rings. The van der Waals surface area contributed by atoms with Crippen molar-refractivity contribution in [3.63, 3.8) is 0 Å². The van der Waals surface area contributed by atoms with Gasteiger partial charge in [0.1, 0.15) is 0 Å². The van der Waals surface area contributed by atoms with E-state index in [1.807, 2.05) is 48.5 Å². The van der Waals surface area contributed by atoms with E-state index in [1.165, 1.54) is 0 Å². The van der Waals surface area contributed by atoms with Crippen LogP contribution in [0.25, 0.3) is 0 Å². The summed E-state index contributed by atoms with van der Waals surface area (Å²) in [6.07, 6.45) is 0.176. The van der Waals surface area contributed by atoms with E-state index in [0.717, 1.165) is 5.56 Å². The monoisotopic (exact) mass is 281 g/mol. The maximum Gasteiger partial charge on any atom is 0.251 e. The Labute approximate surface area is 124 Å².